The molecule has 0 aromatic rings. The summed E-state index contributed by atoms with van der Waals surface area (Å²) in [6.07, 6.45) is 5.22. The average molecular weight is 283 g/mol. The number of nitrogens with one attached hydrogen (secondary N) is 1. The van der Waals surface area contributed by atoms with E-state index in [0.717, 1.165) is 45.3 Å². The highest BCUT2D eigenvalue weighted by molar-refractivity contribution is 5.84. The number of hydrogen-bond donors (Lipinski definition) is 2. The minimum Gasteiger partial charge on any atom is -0.381 e. The standard InChI is InChI=1S/C15H29N3O2/c1-11(18(3)13-6-8-20-9-7-13)10-15(2,14(16)19)17-12-4-5-12/h11-13,17H,4-10H2,1-3H3,(H2,16,19). The van der Waals surface area contributed by atoms with Crippen molar-refractivity contribution in [1.82, 2.24) is 10.2 Å². The van der Waals surface area contributed by atoms with Gasteiger partial charge in [-0.15, -0.1) is 0 Å². The molecule has 0 bridgehead atoms. The molecule has 1 aliphatic heterocycles. The van der Waals surface area contributed by atoms with Gasteiger partial charge in [0.15, 0.2) is 0 Å². The second-order valence-electron chi connectivity index (χ2n) is 6.68. The molecule has 1 aliphatic carbocycles. The summed E-state index contributed by atoms with van der Waals surface area (Å²) in [6.45, 7) is 5.82. The fourth-order valence-corrected chi connectivity index (χ4v) is 3.10. The molecule has 2 fully saturated rings. The van der Waals surface area contributed by atoms with E-state index in [9.17, 15) is 4.79 Å². The Morgan fingerprint density at radius 1 is 1.40 bits per heavy atom. The lowest BCUT2D eigenvalue weighted by molar-refractivity contribution is -0.124. The molecule has 1 heterocycles. The maximum absolute atomic E-state index is 11.8. The molecule has 2 atom stereocenters. The number of rotatable bonds is 7. The fraction of sp³-hybridized carbons (Fsp3) is 0.933. The minimum atomic E-state index is -0.597. The second kappa shape index (κ2) is 6.41. The molecular weight excluding hydrogens is 254 g/mol. The van der Waals surface area contributed by atoms with E-state index in [0.29, 0.717) is 18.1 Å². The Hall–Kier alpha value is -0.650. The first kappa shape index (κ1) is 15.7. The van der Waals surface area contributed by atoms with Crippen molar-refractivity contribution in [2.45, 2.75) is 69.6 Å². The number of nitrogens with zero attached hydrogens (tertiary/aromatic N) is 1. The van der Waals surface area contributed by atoms with E-state index >= 15 is 0 Å². The molecule has 0 radical (unpaired) electrons. The van der Waals surface area contributed by atoms with Crippen molar-refractivity contribution in [1.29, 1.82) is 0 Å². The number of amides is 1. The van der Waals surface area contributed by atoms with Gasteiger partial charge in [-0.05, 0) is 53.0 Å². The van der Waals surface area contributed by atoms with Gasteiger partial charge in [0, 0.05) is 31.3 Å². The molecule has 3 N–H and O–H groups in total. The molecule has 0 aromatic heterocycles. The summed E-state index contributed by atoms with van der Waals surface area (Å²) < 4.78 is 5.42. The summed E-state index contributed by atoms with van der Waals surface area (Å²) in [4.78, 5) is 14.2. The summed E-state index contributed by atoms with van der Waals surface area (Å²) in [5.74, 6) is -0.239. The smallest absolute Gasteiger partial charge is 0.237 e. The predicted octanol–water partition coefficient (Wildman–Crippen LogP) is 0.872. The van der Waals surface area contributed by atoms with Crippen LogP contribution in [0.1, 0.15) is 46.0 Å². The zero-order chi connectivity index (χ0) is 14.8. The third-order valence-corrected chi connectivity index (χ3v) is 4.81. The van der Waals surface area contributed by atoms with Crippen LogP contribution in [0.5, 0.6) is 0 Å². The van der Waals surface area contributed by atoms with Gasteiger partial charge in [-0.3, -0.25) is 4.79 Å². The first-order valence-corrected chi connectivity index (χ1v) is 7.79. The molecule has 5 nitrogen and oxygen atoms in total. The van der Waals surface area contributed by atoms with E-state index in [4.69, 9.17) is 10.5 Å². The average Bonchev–Trinajstić information content (AvgIpc) is 3.22. The van der Waals surface area contributed by atoms with E-state index in [1.165, 1.54) is 0 Å². The van der Waals surface area contributed by atoms with E-state index in [1.54, 1.807) is 0 Å². The highest BCUT2D eigenvalue weighted by Crippen LogP contribution is 2.26. The Morgan fingerprint density at radius 3 is 2.50 bits per heavy atom. The number of nitrogens with two attached hydrogens (primary N) is 1. The largest absolute Gasteiger partial charge is 0.381 e. The quantitative estimate of drug-likeness (QED) is 0.727. The van der Waals surface area contributed by atoms with Crippen LogP contribution in [0.4, 0.5) is 0 Å². The molecule has 1 saturated carbocycles. The van der Waals surface area contributed by atoms with E-state index in [2.05, 4.69) is 24.2 Å². The van der Waals surface area contributed by atoms with E-state index in [-0.39, 0.29) is 5.91 Å². The van der Waals surface area contributed by atoms with Gasteiger partial charge >= 0.3 is 0 Å². The Morgan fingerprint density at radius 2 is 2.00 bits per heavy atom. The van der Waals surface area contributed by atoms with E-state index in [1.807, 2.05) is 6.92 Å². The highest BCUT2D eigenvalue weighted by atomic mass is 16.5. The summed E-state index contributed by atoms with van der Waals surface area (Å²) >= 11 is 0. The van der Waals surface area contributed by atoms with Gasteiger partial charge in [0.1, 0.15) is 0 Å². The normalized spacial score (nSPS) is 25.4. The van der Waals surface area contributed by atoms with Crippen LogP contribution in [-0.4, -0.2) is 54.7 Å². The summed E-state index contributed by atoms with van der Waals surface area (Å²) in [6, 6.07) is 1.35. The Bertz CT molecular complexity index is 340. The highest BCUT2D eigenvalue weighted by Gasteiger charge is 2.39. The number of ether oxygens (including phenoxy) is 1. The van der Waals surface area contributed by atoms with Crippen LogP contribution >= 0.6 is 0 Å². The fourth-order valence-electron chi connectivity index (χ4n) is 3.10. The van der Waals surface area contributed by atoms with Gasteiger partial charge in [0.25, 0.3) is 0 Å². The van der Waals surface area contributed by atoms with Gasteiger partial charge in [0.05, 0.1) is 5.54 Å². The lowest BCUT2D eigenvalue weighted by Gasteiger charge is -2.39. The first-order chi connectivity index (χ1) is 9.42. The lowest BCUT2D eigenvalue weighted by Crippen LogP contribution is -2.57. The predicted molar refractivity (Wildman–Crippen MR) is 79.4 cm³/mol. The second-order valence-corrected chi connectivity index (χ2v) is 6.68. The molecule has 5 heteroatoms. The summed E-state index contributed by atoms with van der Waals surface area (Å²) in [5, 5.41) is 3.43. The Labute approximate surface area is 122 Å². The Kier molecular flexibility index (Phi) is 5.04. The molecule has 1 saturated heterocycles. The van der Waals surface area contributed by atoms with E-state index < -0.39 is 5.54 Å². The number of primary amides is 1. The molecule has 2 aliphatic rings. The molecule has 1 amide bonds. The molecule has 116 valence electrons. The van der Waals surface area contributed by atoms with Crippen LogP contribution in [0.15, 0.2) is 0 Å². The zero-order valence-corrected chi connectivity index (χ0v) is 13.0. The van der Waals surface area contributed by atoms with Gasteiger partial charge in [-0.1, -0.05) is 0 Å². The monoisotopic (exact) mass is 283 g/mol. The van der Waals surface area contributed by atoms with Crippen molar-refractivity contribution in [3.8, 4) is 0 Å². The van der Waals surface area contributed by atoms with Crippen molar-refractivity contribution >= 4 is 5.91 Å². The third kappa shape index (κ3) is 3.93. The lowest BCUT2D eigenvalue weighted by atomic mass is 9.91. The van der Waals surface area contributed by atoms with Gasteiger partial charge in [-0.25, -0.2) is 0 Å². The van der Waals surface area contributed by atoms with Crippen LogP contribution in [-0.2, 0) is 9.53 Å². The van der Waals surface area contributed by atoms with Crippen molar-refractivity contribution in [2.24, 2.45) is 5.73 Å². The van der Waals surface area contributed by atoms with Crippen LogP contribution in [0, 0.1) is 0 Å². The van der Waals surface area contributed by atoms with Crippen molar-refractivity contribution in [3.63, 3.8) is 0 Å². The zero-order valence-electron chi connectivity index (χ0n) is 13.0. The minimum absolute atomic E-state index is 0.239. The van der Waals surface area contributed by atoms with Crippen molar-refractivity contribution < 1.29 is 9.53 Å². The molecule has 0 spiro atoms. The summed E-state index contributed by atoms with van der Waals surface area (Å²) in [5.41, 5.74) is 5.04. The van der Waals surface area contributed by atoms with Crippen LogP contribution in [0.3, 0.4) is 0 Å². The molecular formula is C15H29N3O2. The molecule has 20 heavy (non-hydrogen) atoms. The van der Waals surface area contributed by atoms with Gasteiger partial charge in [0.2, 0.25) is 5.91 Å². The summed E-state index contributed by atoms with van der Waals surface area (Å²) in [7, 11) is 2.15. The number of carbonyl (C=O) groups excluding carboxylic acids is 1. The number of hydrogen-bond acceptors (Lipinski definition) is 4. The van der Waals surface area contributed by atoms with Crippen molar-refractivity contribution in [3.05, 3.63) is 0 Å². The van der Waals surface area contributed by atoms with Crippen LogP contribution < -0.4 is 11.1 Å². The molecule has 2 unspecified atom stereocenters. The molecule has 2 rings (SSSR count). The van der Waals surface area contributed by atoms with Crippen LogP contribution in [0.25, 0.3) is 0 Å². The van der Waals surface area contributed by atoms with Gasteiger partial charge in [-0.2, -0.15) is 0 Å². The van der Waals surface area contributed by atoms with Crippen LogP contribution in [0.2, 0.25) is 0 Å². The molecule has 0 aromatic carbocycles. The van der Waals surface area contributed by atoms with Gasteiger partial charge < -0.3 is 20.7 Å². The maximum atomic E-state index is 11.8. The SMILES string of the molecule is CC(CC(C)(NC1CC1)C(N)=O)N(C)C1CCOCC1. The maximum Gasteiger partial charge on any atom is 0.237 e. The van der Waals surface area contributed by atoms with Crippen molar-refractivity contribution in [2.75, 3.05) is 20.3 Å². The third-order valence-electron chi connectivity index (χ3n) is 4.81. The Balaban J connectivity index is 1.92. The first-order valence-electron chi connectivity index (χ1n) is 7.79. The number of carbonyl (C=O) groups is 1. The topological polar surface area (TPSA) is 67.6 Å².